The number of rotatable bonds is 5. The second kappa shape index (κ2) is 6.48. The lowest BCUT2D eigenvalue weighted by Gasteiger charge is -2.19. The van der Waals surface area contributed by atoms with Gasteiger partial charge < -0.3 is 10.1 Å². The Morgan fingerprint density at radius 2 is 1.80 bits per heavy atom. The topological polar surface area (TPSA) is 47.0 Å². The first-order chi connectivity index (χ1) is 9.65. The molecular weight excluding hydrogens is 250 g/mol. The van der Waals surface area contributed by atoms with E-state index in [0.29, 0.717) is 11.7 Å². The molecule has 2 rings (SSSR count). The highest BCUT2D eigenvalue weighted by Crippen LogP contribution is 2.26. The minimum absolute atomic E-state index is 0.106. The molecule has 0 bridgehead atoms. The lowest BCUT2D eigenvalue weighted by molar-refractivity contribution is 0.0577. The summed E-state index contributed by atoms with van der Waals surface area (Å²) < 4.78 is 5.54. The lowest BCUT2D eigenvalue weighted by atomic mass is 10.1. The minimum Gasteiger partial charge on any atom is -0.373 e. The van der Waals surface area contributed by atoms with Crippen molar-refractivity contribution in [1.82, 2.24) is 9.97 Å². The molecule has 1 atom stereocenters. The number of methoxy groups -OCH3 is 1. The van der Waals surface area contributed by atoms with Crippen LogP contribution in [0.25, 0.3) is 11.3 Å². The average Bonchev–Trinajstić information content (AvgIpc) is 2.48. The molecule has 0 aliphatic carbocycles. The normalized spacial score (nSPS) is 12.4. The average molecular weight is 271 g/mol. The molecule has 0 aliphatic rings. The van der Waals surface area contributed by atoms with Gasteiger partial charge in [0.2, 0.25) is 0 Å². The van der Waals surface area contributed by atoms with E-state index in [0.717, 1.165) is 17.1 Å². The maximum absolute atomic E-state index is 5.54. The van der Waals surface area contributed by atoms with Crippen LogP contribution in [0.5, 0.6) is 0 Å². The van der Waals surface area contributed by atoms with Gasteiger partial charge in [-0.1, -0.05) is 44.2 Å². The highest BCUT2D eigenvalue weighted by molar-refractivity contribution is 5.62. The third-order valence-corrected chi connectivity index (χ3v) is 3.18. The van der Waals surface area contributed by atoms with Crippen LogP contribution >= 0.6 is 0 Å². The van der Waals surface area contributed by atoms with E-state index in [1.165, 1.54) is 0 Å². The number of hydrogen-bond acceptors (Lipinski definition) is 4. The number of benzene rings is 1. The van der Waals surface area contributed by atoms with Crippen molar-refractivity contribution in [3.05, 3.63) is 42.2 Å². The van der Waals surface area contributed by atoms with Crippen LogP contribution in [0, 0.1) is 5.92 Å². The first-order valence-corrected chi connectivity index (χ1v) is 6.80. The van der Waals surface area contributed by atoms with Gasteiger partial charge in [0, 0.05) is 25.8 Å². The van der Waals surface area contributed by atoms with Crippen LogP contribution in [0.3, 0.4) is 0 Å². The Balaban J connectivity index is 2.49. The fourth-order valence-electron chi connectivity index (χ4n) is 2.15. The first kappa shape index (κ1) is 14.5. The minimum atomic E-state index is -0.106. The zero-order valence-electron chi connectivity index (χ0n) is 12.4. The van der Waals surface area contributed by atoms with Crippen molar-refractivity contribution in [2.75, 3.05) is 19.5 Å². The molecule has 0 spiro atoms. The standard InChI is InChI=1S/C16H21N3O/c1-11(2)15(20-4)16-18-13(10-14(17-3)19-16)12-8-6-5-7-9-12/h5-11,15H,1-4H3,(H,17,18,19). The fraction of sp³-hybridized carbons (Fsp3) is 0.375. The van der Waals surface area contributed by atoms with Crippen molar-refractivity contribution in [2.45, 2.75) is 20.0 Å². The molecule has 0 fully saturated rings. The Morgan fingerprint density at radius 1 is 1.10 bits per heavy atom. The van der Waals surface area contributed by atoms with Gasteiger partial charge in [-0.15, -0.1) is 0 Å². The van der Waals surface area contributed by atoms with E-state index in [4.69, 9.17) is 4.74 Å². The van der Waals surface area contributed by atoms with E-state index in [-0.39, 0.29) is 6.10 Å². The monoisotopic (exact) mass is 271 g/mol. The molecule has 0 saturated heterocycles. The molecule has 4 nitrogen and oxygen atoms in total. The van der Waals surface area contributed by atoms with Gasteiger partial charge in [0.15, 0.2) is 5.82 Å². The molecule has 4 heteroatoms. The summed E-state index contributed by atoms with van der Waals surface area (Å²) in [7, 11) is 3.56. The maximum Gasteiger partial charge on any atom is 0.160 e. The van der Waals surface area contributed by atoms with E-state index >= 15 is 0 Å². The molecule has 0 amide bonds. The first-order valence-electron chi connectivity index (χ1n) is 6.80. The maximum atomic E-state index is 5.54. The van der Waals surface area contributed by atoms with Crippen molar-refractivity contribution >= 4 is 5.82 Å². The largest absolute Gasteiger partial charge is 0.373 e. The summed E-state index contributed by atoms with van der Waals surface area (Å²) in [6, 6.07) is 12.0. The number of anilines is 1. The molecule has 0 radical (unpaired) electrons. The van der Waals surface area contributed by atoms with Gasteiger partial charge in [0.05, 0.1) is 5.69 Å². The SMILES string of the molecule is CNc1cc(-c2ccccc2)nc(C(OC)C(C)C)n1. The van der Waals surface area contributed by atoms with Gasteiger partial charge in [0.1, 0.15) is 11.9 Å². The van der Waals surface area contributed by atoms with Gasteiger partial charge in [-0.25, -0.2) is 9.97 Å². The Labute approximate surface area is 120 Å². The summed E-state index contributed by atoms with van der Waals surface area (Å²) in [6.45, 7) is 4.21. The van der Waals surface area contributed by atoms with Gasteiger partial charge in [0.25, 0.3) is 0 Å². The number of ether oxygens (including phenoxy) is 1. The van der Waals surface area contributed by atoms with Crippen molar-refractivity contribution in [3.8, 4) is 11.3 Å². The number of aromatic nitrogens is 2. The van der Waals surface area contributed by atoms with Gasteiger partial charge in [-0.05, 0) is 5.92 Å². The van der Waals surface area contributed by atoms with E-state index in [2.05, 4.69) is 29.1 Å². The highest BCUT2D eigenvalue weighted by atomic mass is 16.5. The molecule has 0 saturated carbocycles. The summed E-state index contributed by atoms with van der Waals surface area (Å²) in [5, 5.41) is 3.09. The van der Waals surface area contributed by atoms with E-state index < -0.39 is 0 Å². The third kappa shape index (κ3) is 3.14. The Bertz CT molecular complexity index is 555. The van der Waals surface area contributed by atoms with Gasteiger partial charge in [-0.2, -0.15) is 0 Å². The van der Waals surface area contributed by atoms with Crippen LogP contribution < -0.4 is 5.32 Å². The van der Waals surface area contributed by atoms with Crippen molar-refractivity contribution in [1.29, 1.82) is 0 Å². The third-order valence-electron chi connectivity index (χ3n) is 3.18. The second-order valence-electron chi connectivity index (χ2n) is 5.01. The van der Waals surface area contributed by atoms with Crippen LogP contribution in [-0.4, -0.2) is 24.1 Å². The van der Waals surface area contributed by atoms with Crippen molar-refractivity contribution in [3.63, 3.8) is 0 Å². The Hall–Kier alpha value is -1.94. The molecule has 1 N–H and O–H groups in total. The zero-order valence-corrected chi connectivity index (χ0v) is 12.4. The van der Waals surface area contributed by atoms with Crippen LogP contribution in [0.1, 0.15) is 25.8 Å². The van der Waals surface area contributed by atoms with Gasteiger partial charge >= 0.3 is 0 Å². The predicted octanol–water partition coefficient (Wildman–Crippen LogP) is 3.53. The Morgan fingerprint density at radius 3 is 2.35 bits per heavy atom. The Kier molecular flexibility index (Phi) is 4.69. The molecule has 106 valence electrons. The summed E-state index contributed by atoms with van der Waals surface area (Å²) in [4.78, 5) is 9.19. The number of nitrogens with zero attached hydrogens (tertiary/aromatic N) is 2. The molecule has 1 unspecified atom stereocenters. The number of hydrogen-bond donors (Lipinski definition) is 1. The smallest absolute Gasteiger partial charge is 0.160 e. The number of nitrogens with one attached hydrogen (secondary N) is 1. The van der Waals surface area contributed by atoms with Gasteiger partial charge in [-0.3, -0.25) is 0 Å². The fourth-order valence-corrected chi connectivity index (χ4v) is 2.15. The predicted molar refractivity (Wildman–Crippen MR) is 81.6 cm³/mol. The molecule has 0 aliphatic heterocycles. The molecular formula is C16H21N3O. The summed E-state index contributed by atoms with van der Waals surface area (Å²) in [5.41, 5.74) is 1.98. The lowest BCUT2D eigenvalue weighted by Crippen LogP contribution is -2.14. The second-order valence-corrected chi connectivity index (χ2v) is 5.01. The molecule has 2 aromatic rings. The van der Waals surface area contributed by atoms with Crippen LogP contribution in [0.4, 0.5) is 5.82 Å². The molecule has 1 aromatic heterocycles. The quantitative estimate of drug-likeness (QED) is 0.903. The van der Waals surface area contributed by atoms with Crippen LogP contribution in [0.2, 0.25) is 0 Å². The van der Waals surface area contributed by atoms with Crippen molar-refractivity contribution in [2.24, 2.45) is 5.92 Å². The van der Waals surface area contributed by atoms with Crippen LogP contribution in [0.15, 0.2) is 36.4 Å². The molecule has 20 heavy (non-hydrogen) atoms. The van der Waals surface area contributed by atoms with E-state index in [1.54, 1.807) is 7.11 Å². The zero-order chi connectivity index (χ0) is 14.5. The van der Waals surface area contributed by atoms with Crippen molar-refractivity contribution < 1.29 is 4.74 Å². The van der Waals surface area contributed by atoms with E-state index in [9.17, 15) is 0 Å². The highest BCUT2D eigenvalue weighted by Gasteiger charge is 2.19. The van der Waals surface area contributed by atoms with E-state index in [1.807, 2.05) is 43.4 Å². The molecule has 1 heterocycles. The summed E-state index contributed by atoms with van der Waals surface area (Å²) in [6.07, 6.45) is -0.106. The summed E-state index contributed by atoms with van der Waals surface area (Å²) >= 11 is 0. The summed E-state index contributed by atoms with van der Waals surface area (Å²) in [5.74, 6) is 1.83. The van der Waals surface area contributed by atoms with Crippen LogP contribution in [-0.2, 0) is 4.74 Å². The molecule has 1 aromatic carbocycles.